The van der Waals surface area contributed by atoms with Crippen LogP contribution in [0.1, 0.15) is 34.6 Å². The molecule has 1 amide bonds. The molecule has 6 heteroatoms. The summed E-state index contributed by atoms with van der Waals surface area (Å²) in [5.74, 6) is 1.000. The Kier molecular flexibility index (Phi) is 6.41. The zero-order valence-electron chi connectivity index (χ0n) is 15.4. The normalized spacial score (nSPS) is 16.8. The van der Waals surface area contributed by atoms with Crippen LogP contribution in [0.4, 0.5) is 0 Å². The fraction of sp³-hybridized carbons (Fsp3) is 0.500. The van der Waals surface area contributed by atoms with Gasteiger partial charge >= 0.3 is 0 Å². The Hall–Kier alpha value is -2.18. The second-order valence-electron chi connectivity index (χ2n) is 6.98. The molecule has 3 rings (SSSR count). The van der Waals surface area contributed by atoms with Crippen LogP contribution >= 0.6 is 0 Å². The van der Waals surface area contributed by atoms with E-state index >= 15 is 0 Å². The Morgan fingerprint density at radius 3 is 2.77 bits per heavy atom. The standard InChI is InChI=1S/C20H26N2O4/c1-14-5-15(2)7-17(6-14)12-25-13-19-8-18(22-26-19)9-20(23)21-10-16-3-4-24-11-16/h5-8,16H,3-4,9-13H2,1-2H3,(H,21,23). The van der Waals surface area contributed by atoms with E-state index in [2.05, 4.69) is 42.5 Å². The zero-order valence-corrected chi connectivity index (χ0v) is 15.4. The van der Waals surface area contributed by atoms with Gasteiger partial charge in [0.1, 0.15) is 6.61 Å². The molecule has 0 bridgehead atoms. The van der Waals surface area contributed by atoms with E-state index in [-0.39, 0.29) is 12.3 Å². The molecule has 140 valence electrons. The van der Waals surface area contributed by atoms with Crippen LogP contribution in [0.15, 0.2) is 28.8 Å². The first kappa shape index (κ1) is 18.6. The SMILES string of the molecule is Cc1cc(C)cc(COCc2cc(CC(=O)NCC3CCOC3)no2)c1. The molecule has 1 N–H and O–H groups in total. The van der Waals surface area contributed by atoms with Crippen molar-refractivity contribution in [2.45, 2.75) is 39.9 Å². The van der Waals surface area contributed by atoms with Gasteiger partial charge in [-0.25, -0.2) is 0 Å². The van der Waals surface area contributed by atoms with Gasteiger partial charge in [-0.15, -0.1) is 0 Å². The second kappa shape index (κ2) is 8.96. The van der Waals surface area contributed by atoms with Crippen LogP contribution in [0.2, 0.25) is 0 Å². The molecule has 1 aliphatic rings. The highest BCUT2D eigenvalue weighted by atomic mass is 16.5. The average Bonchev–Trinajstić information content (AvgIpc) is 3.24. The first-order valence-electron chi connectivity index (χ1n) is 9.02. The molecule has 0 radical (unpaired) electrons. The Morgan fingerprint density at radius 2 is 2.04 bits per heavy atom. The fourth-order valence-electron chi connectivity index (χ4n) is 3.16. The summed E-state index contributed by atoms with van der Waals surface area (Å²) in [5.41, 5.74) is 4.20. The topological polar surface area (TPSA) is 73.6 Å². The fourth-order valence-corrected chi connectivity index (χ4v) is 3.16. The summed E-state index contributed by atoms with van der Waals surface area (Å²) >= 11 is 0. The van der Waals surface area contributed by atoms with E-state index in [0.29, 0.717) is 37.1 Å². The van der Waals surface area contributed by atoms with Gasteiger partial charge in [-0.1, -0.05) is 34.5 Å². The van der Waals surface area contributed by atoms with E-state index < -0.39 is 0 Å². The minimum absolute atomic E-state index is 0.0482. The average molecular weight is 358 g/mol. The number of carbonyl (C=O) groups excluding carboxylic acids is 1. The van der Waals surface area contributed by atoms with Crippen LogP contribution in [0.3, 0.4) is 0 Å². The number of benzene rings is 1. The highest BCUT2D eigenvalue weighted by molar-refractivity contribution is 5.78. The van der Waals surface area contributed by atoms with Crippen LogP contribution in [0.25, 0.3) is 0 Å². The third kappa shape index (κ3) is 5.68. The van der Waals surface area contributed by atoms with Gasteiger partial charge in [-0.2, -0.15) is 0 Å². The van der Waals surface area contributed by atoms with Crippen LogP contribution in [-0.2, 0) is 33.9 Å². The third-order valence-electron chi connectivity index (χ3n) is 4.36. The molecule has 2 aromatic rings. The largest absolute Gasteiger partial charge is 0.381 e. The number of rotatable bonds is 8. The second-order valence-corrected chi connectivity index (χ2v) is 6.98. The number of aryl methyl sites for hydroxylation is 2. The van der Waals surface area contributed by atoms with Gasteiger partial charge in [0, 0.05) is 25.1 Å². The Balaban J connectivity index is 1.40. The molecule has 26 heavy (non-hydrogen) atoms. The van der Waals surface area contributed by atoms with Gasteiger partial charge in [0.15, 0.2) is 5.76 Å². The summed E-state index contributed by atoms with van der Waals surface area (Å²) in [6.45, 7) is 7.17. The summed E-state index contributed by atoms with van der Waals surface area (Å²) in [5, 5.41) is 6.87. The summed E-state index contributed by atoms with van der Waals surface area (Å²) in [4.78, 5) is 12.0. The van der Waals surface area contributed by atoms with Crippen molar-refractivity contribution in [3.8, 4) is 0 Å². The third-order valence-corrected chi connectivity index (χ3v) is 4.36. The minimum atomic E-state index is -0.0482. The number of aromatic nitrogens is 1. The molecule has 1 aromatic carbocycles. The lowest BCUT2D eigenvalue weighted by Crippen LogP contribution is -2.30. The molecule has 1 atom stereocenters. The van der Waals surface area contributed by atoms with E-state index in [4.69, 9.17) is 14.0 Å². The van der Waals surface area contributed by atoms with Crippen molar-refractivity contribution in [2.24, 2.45) is 5.92 Å². The lowest BCUT2D eigenvalue weighted by molar-refractivity contribution is -0.120. The van der Waals surface area contributed by atoms with Crippen LogP contribution in [-0.4, -0.2) is 30.8 Å². The summed E-state index contributed by atoms with van der Waals surface area (Å²) in [6, 6.07) is 8.13. The Bertz CT molecular complexity index is 715. The predicted molar refractivity (Wildman–Crippen MR) is 96.6 cm³/mol. The summed E-state index contributed by atoms with van der Waals surface area (Å²) in [7, 11) is 0. The molecular weight excluding hydrogens is 332 g/mol. The molecule has 1 aliphatic heterocycles. The quantitative estimate of drug-likeness (QED) is 0.785. The molecule has 0 aliphatic carbocycles. The van der Waals surface area contributed by atoms with E-state index in [9.17, 15) is 4.79 Å². The lowest BCUT2D eigenvalue weighted by Gasteiger charge is -2.08. The number of nitrogens with zero attached hydrogens (tertiary/aromatic N) is 1. The molecule has 1 unspecified atom stereocenters. The van der Waals surface area contributed by atoms with E-state index in [1.807, 2.05) is 0 Å². The van der Waals surface area contributed by atoms with Crippen LogP contribution < -0.4 is 5.32 Å². The number of carbonyl (C=O) groups is 1. The van der Waals surface area contributed by atoms with Crippen molar-refractivity contribution in [1.82, 2.24) is 10.5 Å². The Labute approximate surface area is 153 Å². The number of hydrogen-bond donors (Lipinski definition) is 1. The number of amides is 1. The smallest absolute Gasteiger partial charge is 0.226 e. The van der Waals surface area contributed by atoms with Gasteiger partial charge in [0.2, 0.25) is 5.91 Å². The summed E-state index contributed by atoms with van der Waals surface area (Å²) < 4.78 is 16.3. The lowest BCUT2D eigenvalue weighted by atomic mass is 10.1. The van der Waals surface area contributed by atoms with Crippen molar-refractivity contribution in [1.29, 1.82) is 0 Å². The summed E-state index contributed by atoms with van der Waals surface area (Å²) in [6.07, 6.45) is 1.22. The van der Waals surface area contributed by atoms with Crippen molar-refractivity contribution < 1.29 is 18.8 Å². The van der Waals surface area contributed by atoms with Gasteiger partial charge in [-0.3, -0.25) is 4.79 Å². The van der Waals surface area contributed by atoms with Gasteiger partial charge < -0.3 is 19.3 Å². The van der Waals surface area contributed by atoms with Gasteiger partial charge in [-0.05, 0) is 25.8 Å². The molecule has 2 heterocycles. The van der Waals surface area contributed by atoms with Gasteiger partial charge in [0.25, 0.3) is 0 Å². The molecule has 6 nitrogen and oxygen atoms in total. The van der Waals surface area contributed by atoms with Crippen LogP contribution in [0, 0.1) is 19.8 Å². The zero-order chi connectivity index (χ0) is 18.4. The molecule has 1 fully saturated rings. The van der Waals surface area contributed by atoms with Crippen LogP contribution in [0.5, 0.6) is 0 Å². The highest BCUT2D eigenvalue weighted by Crippen LogP contribution is 2.13. The van der Waals surface area contributed by atoms with Gasteiger partial charge in [0.05, 0.1) is 25.3 Å². The maximum Gasteiger partial charge on any atom is 0.226 e. The molecule has 0 spiro atoms. The van der Waals surface area contributed by atoms with E-state index in [0.717, 1.165) is 25.2 Å². The maximum absolute atomic E-state index is 12.0. The predicted octanol–water partition coefficient (Wildman–Crippen LogP) is 2.70. The van der Waals surface area contributed by atoms with Crippen molar-refractivity contribution >= 4 is 5.91 Å². The molecule has 1 saturated heterocycles. The molecule has 1 aromatic heterocycles. The maximum atomic E-state index is 12.0. The van der Waals surface area contributed by atoms with E-state index in [1.54, 1.807) is 6.07 Å². The van der Waals surface area contributed by atoms with E-state index in [1.165, 1.54) is 11.1 Å². The molecular formula is C20H26N2O4. The van der Waals surface area contributed by atoms with Crippen molar-refractivity contribution in [2.75, 3.05) is 19.8 Å². The first-order chi connectivity index (χ1) is 12.6. The number of nitrogens with one attached hydrogen (secondary N) is 1. The van der Waals surface area contributed by atoms with Crippen molar-refractivity contribution in [3.63, 3.8) is 0 Å². The van der Waals surface area contributed by atoms with Crippen molar-refractivity contribution in [3.05, 3.63) is 52.4 Å². The Morgan fingerprint density at radius 1 is 1.23 bits per heavy atom. The minimum Gasteiger partial charge on any atom is -0.381 e. The number of hydrogen-bond acceptors (Lipinski definition) is 5. The first-order valence-corrected chi connectivity index (χ1v) is 9.02. The highest BCUT2D eigenvalue weighted by Gasteiger charge is 2.17. The number of ether oxygens (including phenoxy) is 2. The molecule has 0 saturated carbocycles. The monoisotopic (exact) mass is 358 g/mol.